The molecule has 0 unspecified atom stereocenters. The van der Waals surface area contributed by atoms with Crippen molar-refractivity contribution < 1.29 is 23.9 Å². The van der Waals surface area contributed by atoms with Crippen molar-refractivity contribution in [1.29, 1.82) is 0 Å². The number of morpholine rings is 1. The summed E-state index contributed by atoms with van der Waals surface area (Å²) in [7, 11) is 0. The zero-order chi connectivity index (χ0) is 22.1. The van der Waals surface area contributed by atoms with Crippen molar-refractivity contribution in [3.05, 3.63) is 60.2 Å². The lowest BCUT2D eigenvalue weighted by Crippen LogP contribution is -2.36. The van der Waals surface area contributed by atoms with Crippen LogP contribution in [0.1, 0.15) is 24.9 Å². The highest BCUT2D eigenvalue weighted by atomic mass is 16.5. The molecule has 2 amide bonds. The molecule has 1 aliphatic heterocycles. The molecule has 2 aromatic rings. The van der Waals surface area contributed by atoms with Gasteiger partial charge in [-0.3, -0.25) is 14.4 Å². The van der Waals surface area contributed by atoms with Crippen molar-refractivity contribution in [3.63, 3.8) is 0 Å². The molecular weight excluding hydrogens is 398 g/mol. The van der Waals surface area contributed by atoms with Crippen molar-refractivity contribution in [2.24, 2.45) is 0 Å². The summed E-state index contributed by atoms with van der Waals surface area (Å²) < 4.78 is 10.5. The monoisotopic (exact) mass is 425 g/mol. The molecule has 2 aromatic carbocycles. The van der Waals surface area contributed by atoms with Gasteiger partial charge in [-0.25, -0.2) is 0 Å². The first-order chi connectivity index (χ1) is 15.0. The molecule has 1 fully saturated rings. The van der Waals surface area contributed by atoms with Gasteiger partial charge >= 0.3 is 5.97 Å². The Hall–Kier alpha value is -3.39. The lowest BCUT2D eigenvalue weighted by Gasteiger charge is -2.28. The molecule has 0 aromatic heterocycles. The Morgan fingerprint density at radius 1 is 1.03 bits per heavy atom. The van der Waals surface area contributed by atoms with E-state index in [0.29, 0.717) is 18.9 Å². The van der Waals surface area contributed by atoms with Crippen LogP contribution in [-0.4, -0.2) is 50.7 Å². The molecule has 31 heavy (non-hydrogen) atoms. The topological polar surface area (TPSA) is 97.0 Å². The molecule has 1 saturated heterocycles. The molecule has 0 aliphatic carbocycles. The number of hydrogen-bond acceptors (Lipinski definition) is 6. The fraction of sp³-hybridized carbons (Fsp3) is 0.348. The summed E-state index contributed by atoms with van der Waals surface area (Å²) in [5.41, 5.74) is 2.48. The van der Waals surface area contributed by atoms with Gasteiger partial charge in [0.05, 0.1) is 25.7 Å². The van der Waals surface area contributed by atoms with E-state index in [1.54, 1.807) is 0 Å². The minimum atomic E-state index is -0.569. The maximum atomic E-state index is 12.2. The number of nitrogens with one attached hydrogen (secondary N) is 2. The number of anilines is 2. The van der Waals surface area contributed by atoms with Crippen LogP contribution < -0.4 is 15.5 Å². The fourth-order valence-corrected chi connectivity index (χ4v) is 3.33. The zero-order valence-corrected chi connectivity index (χ0v) is 17.5. The SMILES string of the molecule is CC(=O)N[C@@H](CC(=O)OCC(=O)Nc1ccc(N2CCOCC2)cc1)c1ccccc1. The number of carbonyl (C=O) groups is 3. The van der Waals surface area contributed by atoms with Gasteiger partial charge in [0.2, 0.25) is 5.91 Å². The van der Waals surface area contributed by atoms with Crippen LogP contribution in [0.25, 0.3) is 0 Å². The van der Waals surface area contributed by atoms with Gasteiger partial charge in [0, 0.05) is 31.4 Å². The Bertz CT molecular complexity index is 880. The van der Waals surface area contributed by atoms with Gasteiger partial charge in [-0.2, -0.15) is 0 Å². The summed E-state index contributed by atoms with van der Waals surface area (Å²) in [6.45, 7) is 4.08. The number of esters is 1. The third-order valence-corrected chi connectivity index (χ3v) is 4.84. The normalized spacial score (nSPS) is 14.4. The number of hydrogen-bond donors (Lipinski definition) is 2. The molecule has 1 heterocycles. The Labute approximate surface area is 181 Å². The predicted molar refractivity (Wildman–Crippen MR) is 117 cm³/mol. The van der Waals surface area contributed by atoms with Crippen LogP contribution >= 0.6 is 0 Å². The Kier molecular flexibility index (Phi) is 8.00. The molecule has 0 bridgehead atoms. The molecule has 3 rings (SSSR count). The summed E-state index contributed by atoms with van der Waals surface area (Å²) in [6, 6.07) is 16.1. The third kappa shape index (κ3) is 7.11. The molecule has 1 aliphatic rings. The van der Waals surface area contributed by atoms with Gasteiger partial charge in [-0.05, 0) is 29.8 Å². The van der Waals surface area contributed by atoms with E-state index in [-0.39, 0.29) is 12.3 Å². The van der Waals surface area contributed by atoms with Gasteiger partial charge < -0.3 is 25.0 Å². The number of nitrogens with zero attached hydrogens (tertiary/aromatic N) is 1. The van der Waals surface area contributed by atoms with Crippen LogP contribution in [0, 0.1) is 0 Å². The minimum Gasteiger partial charge on any atom is -0.455 e. The first-order valence-electron chi connectivity index (χ1n) is 10.2. The van der Waals surface area contributed by atoms with Crippen LogP contribution in [0.2, 0.25) is 0 Å². The van der Waals surface area contributed by atoms with Gasteiger partial charge in [0.1, 0.15) is 0 Å². The summed E-state index contributed by atoms with van der Waals surface area (Å²) in [5.74, 6) is -1.25. The number of carbonyl (C=O) groups excluding carboxylic acids is 3. The molecule has 0 saturated carbocycles. The quantitative estimate of drug-likeness (QED) is 0.630. The fourth-order valence-electron chi connectivity index (χ4n) is 3.33. The summed E-state index contributed by atoms with van der Waals surface area (Å²) in [4.78, 5) is 38.1. The highest BCUT2D eigenvalue weighted by Gasteiger charge is 2.19. The summed E-state index contributed by atoms with van der Waals surface area (Å²) >= 11 is 0. The van der Waals surface area contributed by atoms with Crippen LogP contribution in [0.5, 0.6) is 0 Å². The molecule has 2 N–H and O–H groups in total. The predicted octanol–water partition coefficient (Wildman–Crippen LogP) is 2.27. The maximum Gasteiger partial charge on any atom is 0.308 e. The second kappa shape index (κ2) is 11.1. The average molecular weight is 425 g/mol. The van der Waals surface area contributed by atoms with Gasteiger partial charge in [0.25, 0.3) is 5.91 Å². The van der Waals surface area contributed by atoms with Crippen LogP contribution in [-0.2, 0) is 23.9 Å². The molecule has 1 atom stereocenters. The van der Waals surface area contributed by atoms with E-state index in [2.05, 4.69) is 15.5 Å². The van der Waals surface area contributed by atoms with Crippen molar-refractivity contribution in [1.82, 2.24) is 5.32 Å². The molecule has 8 nitrogen and oxygen atoms in total. The maximum absolute atomic E-state index is 12.2. The highest BCUT2D eigenvalue weighted by Crippen LogP contribution is 2.19. The van der Waals surface area contributed by atoms with Gasteiger partial charge in [0.15, 0.2) is 6.61 Å². The van der Waals surface area contributed by atoms with E-state index in [4.69, 9.17) is 9.47 Å². The third-order valence-electron chi connectivity index (χ3n) is 4.84. The van der Waals surface area contributed by atoms with E-state index in [1.165, 1.54) is 6.92 Å². The second-order valence-electron chi connectivity index (χ2n) is 7.22. The molecule has 0 spiro atoms. The molecular formula is C23H27N3O5. The largest absolute Gasteiger partial charge is 0.455 e. The van der Waals surface area contributed by atoms with E-state index < -0.39 is 24.5 Å². The molecule has 0 radical (unpaired) electrons. The lowest BCUT2D eigenvalue weighted by molar-refractivity contribution is -0.148. The second-order valence-corrected chi connectivity index (χ2v) is 7.22. The van der Waals surface area contributed by atoms with Crippen LogP contribution in [0.15, 0.2) is 54.6 Å². The van der Waals surface area contributed by atoms with Crippen molar-refractivity contribution >= 4 is 29.2 Å². The standard InChI is InChI=1S/C23H27N3O5/c1-17(27)24-21(18-5-3-2-4-6-18)15-23(29)31-16-22(28)25-19-7-9-20(10-8-19)26-11-13-30-14-12-26/h2-10,21H,11-16H2,1H3,(H,24,27)(H,25,28)/t21-/m0/s1. The van der Waals surface area contributed by atoms with E-state index in [0.717, 1.165) is 24.3 Å². The summed E-state index contributed by atoms with van der Waals surface area (Å²) in [5, 5.41) is 5.45. The average Bonchev–Trinajstić information content (AvgIpc) is 2.79. The Morgan fingerprint density at radius 3 is 2.35 bits per heavy atom. The molecule has 8 heteroatoms. The van der Waals surface area contributed by atoms with E-state index in [1.807, 2.05) is 54.6 Å². The van der Waals surface area contributed by atoms with Crippen molar-refractivity contribution in [2.45, 2.75) is 19.4 Å². The van der Waals surface area contributed by atoms with Gasteiger partial charge in [-0.15, -0.1) is 0 Å². The lowest BCUT2D eigenvalue weighted by atomic mass is 10.0. The number of benzene rings is 2. The van der Waals surface area contributed by atoms with E-state index >= 15 is 0 Å². The molecule has 164 valence electrons. The van der Waals surface area contributed by atoms with E-state index in [9.17, 15) is 14.4 Å². The Balaban J connectivity index is 1.47. The highest BCUT2D eigenvalue weighted by molar-refractivity contribution is 5.93. The smallest absolute Gasteiger partial charge is 0.308 e. The minimum absolute atomic E-state index is 0.0644. The van der Waals surface area contributed by atoms with Crippen molar-refractivity contribution in [3.8, 4) is 0 Å². The number of rotatable bonds is 8. The zero-order valence-electron chi connectivity index (χ0n) is 17.5. The first-order valence-corrected chi connectivity index (χ1v) is 10.2. The first kappa shape index (κ1) is 22.3. The van der Waals surface area contributed by atoms with Crippen LogP contribution in [0.4, 0.5) is 11.4 Å². The summed E-state index contributed by atoms with van der Waals surface area (Å²) in [6.07, 6.45) is -0.0644. The van der Waals surface area contributed by atoms with Crippen molar-refractivity contribution in [2.75, 3.05) is 43.1 Å². The Morgan fingerprint density at radius 2 is 1.71 bits per heavy atom. The van der Waals surface area contributed by atoms with Gasteiger partial charge in [-0.1, -0.05) is 30.3 Å². The number of ether oxygens (including phenoxy) is 2. The number of amides is 2. The van der Waals surface area contributed by atoms with Crippen LogP contribution in [0.3, 0.4) is 0 Å².